The van der Waals surface area contributed by atoms with Crippen LogP contribution < -0.4 is 9.47 Å². The fourth-order valence-electron chi connectivity index (χ4n) is 6.42. The Labute approximate surface area is 202 Å². The van der Waals surface area contributed by atoms with E-state index in [4.69, 9.17) is 9.47 Å². The van der Waals surface area contributed by atoms with E-state index in [0.717, 1.165) is 76.1 Å². The van der Waals surface area contributed by atoms with Crippen LogP contribution in [-0.2, 0) is 19.3 Å². The summed E-state index contributed by atoms with van der Waals surface area (Å²) < 4.78 is 47.1. The maximum atomic E-state index is 16.8. The van der Waals surface area contributed by atoms with Gasteiger partial charge < -0.3 is 27.1 Å². The van der Waals surface area contributed by atoms with Gasteiger partial charge in [-0.3, -0.25) is 0 Å². The molecule has 0 radical (unpaired) electrons. The summed E-state index contributed by atoms with van der Waals surface area (Å²) in [7, 11) is 3.27. The highest BCUT2D eigenvalue weighted by Gasteiger charge is 2.56. The van der Waals surface area contributed by atoms with Crippen LogP contribution in [0, 0.1) is 0 Å². The Balaban J connectivity index is 1.50. The van der Waals surface area contributed by atoms with Gasteiger partial charge >= 0.3 is 6.97 Å². The van der Waals surface area contributed by atoms with Gasteiger partial charge in [-0.1, -0.05) is 0 Å². The Morgan fingerprint density at radius 2 is 1.46 bits per heavy atom. The van der Waals surface area contributed by atoms with Gasteiger partial charge in [0.15, 0.2) is 11.4 Å². The third kappa shape index (κ3) is 2.64. The average Bonchev–Trinajstić information content (AvgIpc) is 3.47. The Hall–Kier alpha value is -3.61. The lowest BCUT2D eigenvalue weighted by atomic mass is 9.83. The minimum absolute atomic E-state index is 0.626. The number of ether oxygens (including phenoxy) is 2. The van der Waals surface area contributed by atoms with Crippen molar-refractivity contribution in [3.8, 4) is 22.8 Å². The molecule has 4 nitrogen and oxygen atoms in total. The van der Waals surface area contributed by atoms with Gasteiger partial charge in [0.05, 0.1) is 14.2 Å². The summed E-state index contributed by atoms with van der Waals surface area (Å²) >= 11 is 0. The summed E-state index contributed by atoms with van der Waals surface area (Å²) in [4.78, 5) is 0. The van der Waals surface area contributed by atoms with Gasteiger partial charge in [-0.25, -0.2) is 0 Å². The number of nitrogens with zero attached hydrogens (tertiary/aromatic N) is 2. The Morgan fingerprint density at radius 1 is 0.829 bits per heavy atom. The molecular formula is C28H25BF2N2O2. The standard InChI is InChI=1S/C28H25BF2N2O2/c1-16-25-14-19-6-4-17-12-21(34-2)8-10-23(17)27(19)32(25)29(30,31)33-26(16)15-20-7-5-18-13-22(35-3)9-11-24(18)28(20)33/h8-15H,4-7H2,1-3H3. The number of aryl methyl sites for hydroxylation is 3. The smallest absolute Gasteiger partial charge is 0.497 e. The Bertz CT molecular complexity index is 1560. The first-order valence-corrected chi connectivity index (χ1v) is 12.1. The summed E-state index contributed by atoms with van der Waals surface area (Å²) in [6.07, 6.45) is 5.10. The van der Waals surface area contributed by atoms with Crippen LogP contribution in [-0.4, -0.2) is 35.9 Å². The van der Waals surface area contributed by atoms with E-state index in [2.05, 4.69) is 0 Å². The SMILES string of the molecule is COc1ccc2c(c1)CCC1=CC3=C(C)c4cc5c(n4[B-](F)(F)[N+]3=C12)-c1ccc(OC)cc1CC5. The highest BCUT2D eigenvalue weighted by Crippen LogP contribution is 2.47. The van der Waals surface area contributed by atoms with Gasteiger partial charge in [0.2, 0.25) is 0 Å². The second kappa shape index (κ2) is 6.97. The number of fused-ring (bicyclic) bond motifs is 9. The lowest BCUT2D eigenvalue weighted by Crippen LogP contribution is -2.51. The van der Waals surface area contributed by atoms with Crippen molar-refractivity contribution in [2.45, 2.75) is 32.6 Å². The van der Waals surface area contributed by atoms with Crippen molar-refractivity contribution in [2.24, 2.45) is 0 Å². The molecule has 0 unspecified atom stereocenters. The molecule has 0 bridgehead atoms. The lowest BCUT2D eigenvalue weighted by molar-refractivity contribution is -0.361. The van der Waals surface area contributed by atoms with Crippen LogP contribution in [0.25, 0.3) is 16.8 Å². The fourth-order valence-corrected chi connectivity index (χ4v) is 6.42. The van der Waals surface area contributed by atoms with E-state index in [1.807, 2.05) is 55.5 Å². The molecular weight excluding hydrogens is 445 g/mol. The Kier molecular flexibility index (Phi) is 4.13. The van der Waals surface area contributed by atoms with Crippen LogP contribution >= 0.6 is 0 Å². The van der Waals surface area contributed by atoms with Crippen molar-refractivity contribution >= 4 is 18.3 Å². The van der Waals surface area contributed by atoms with E-state index in [9.17, 15) is 0 Å². The molecule has 176 valence electrons. The highest BCUT2D eigenvalue weighted by molar-refractivity contribution is 6.59. The van der Waals surface area contributed by atoms with Crippen LogP contribution in [0.2, 0.25) is 0 Å². The predicted octanol–water partition coefficient (Wildman–Crippen LogP) is 5.63. The van der Waals surface area contributed by atoms with Gasteiger partial charge in [0, 0.05) is 34.2 Å². The second-order valence-electron chi connectivity index (χ2n) is 9.81. The molecule has 3 heterocycles. The van der Waals surface area contributed by atoms with Crippen LogP contribution in [0.15, 0.2) is 59.8 Å². The highest BCUT2D eigenvalue weighted by atomic mass is 19.2. The molecule has 0 fully saturated rings. The number of aromatic nitrogens is 1. The second-order valence-corrected chi connectivity index (χ2v) is 9.81. The first-order valence-electron chi connectivity index (χ1n) is 12.1. The van der Waals surface area contributed by atoms with Crippen molar-refractivity contribution in [1.29, 1.82) is 0 Å². The quantitative estimate of drug-likeness (QED) is 0.454. The number of methoxy groups -OCH3 is 2. The molecule has 0 saturated carbocycles. The van der Waals surface area contributed by atoms with Gasteiger partial charge in [-0.2, -0.15) is 0 Å². The molecule has 2 aliphatic heterocycles. The topological polar surface area (TPSA) is 26.4 Å². The van der Waals surface area contributed by atoms with Crippen LogP contribution in [0.5, 0.6) is 11.5 Å². The van der Waals surface area contributed by atoms with Gasteiger partial charge in [-0.05, 0) is 97.3 Å². The minimum atomic E-state index is -4.11. The van der Waals surface area contributed by atoms with Crippen LogP contribution in [0.4, 0.5) is 8.63 Å². The molecule has 0 spiro atoms. The maximum Gasteiger partial charge on any atom is 0.737 e. The van der Waals surface area contributed by atoms with Gasteiger partial charge in [0.25, 0.3) is 0 Å². The molecule has 3 aromatic rings. The zero-order valence-electron chi connectivity index (χ0n) is 20.0. The molecule has 35 heavy (non-hydrogen) atoms. The molecule has 1 aromatic heterocycles. The number of hydrogen-bond acceptors (Lipinski definition) is 2. The van der Waals surface area contributed by atoms with Crippen LogP contribution in [0.3, 0.4) is 0 Å². The van der Waals surface area contributed by atoms with Crippen molar-refractivity contribution < 1.29 is 22.6 Å². The average molecular weight is 470 g/mol. The number of rotatable bonds is 2. The fraction of sp³-hybridized carbons (Fsp3) is 0.250. The molecule has 7 heteroatoms. The van der Waals surface area contributed by atoms with Gasteiger partial charge in [0.1, 0.15) is 11.5 Å². The third-order valence-corrected chi connectivity index (χ3v) is 8.08. The van der Waals surface area contributed by atoms with E-state index in [1.165, 1.54) is 8.96 Å². The molecule has 0 amide bonds. The number of halogens is 2. The number of hydrogen-bond donors (Lipinski definition) is 0. The minimum Gasteiger partial charge on any atom is -0.497 e. The molecule has 7 rings (SSSR count). The zero-order valence-corrected chi connectivity index (χ0v) is 20.0. The summed E-state index contributed by atoms with van der Waals surface area (Å²) in [5.41, 5.74) is 9.28. The molecule has 0 saturated heterocycles. The molecule has 0 atom stereocenters. The normalized spacial score (nSPS) is 18.7. The van der Waals surface area contributed by atoms with E-state index < -0.39 is 6.97 Å². The van der Waals surface area contributed by atoms with E-state index in [1.54, 1.807) is 14.2 Å². The van der Waals surface area contributed by atoms with E-state index in [0.29, 0.717) is 22.8 Å². The molecule has 2 aromatic carbocycles. The Morgan fingerprint density at radius 3 is 2.17 bits per heavy atom. The zero-order chi connectivity index (χ0) is 24.1. The summed E-state index contributed by atoms with van der Waals surface area (Å²) in [6.45, 7) is -2.14. The first kappa shape index (κ1) is 20.7. The summed E-state index contributed by atoms with van der Waals surface area (Å²) in [5.74, 6) is 1.51. The number of benzene rings is 2. The van der Waals surface area contributed by atoms with Gasteiger partial charge in [-0.15, -0.1) is 0 Å². The lowest BCUT2D eigenvalue weighted by Gasteiger charge is -2.34. The molecule has 0 N–H and O–H groups in total. The first-order chi connectivity index (χ1) is 16.9. The molecule has 2 aliphatic carbocycles. The summed E-state index contributed by atoms with van der Waals surface area (Å²) in [5, 5.41) is 0. The van der Waals surface area contributed by atoms with Crippen LogP contribution in [0.1, 0.15) is 41.3 Å². The summed E-state index contributed by atoms with van der Waals surface area (Å²) in [6, 6.07) is 13.6. The monoisotopic (exact) mass is 470 g/mol. The molecule has 4 aliphatic rings. The predicted molar refractivity (Wildman–Crippen MR) is 134 cm³/mol. The maximum absolute atomic E-state index is 16.8. The van der Waals surface area contributed by atoms with Crippen molar-refractivity contribution in [2.75, 3.05) is 14.2 Å². The van der Waals surface area contributed by atoms with Crippen molar-refractivity contribution in [1.82, 2.24) is 4.48 Å². The van der Waals surface area contributed by atoms with Crippen molar-refractivity contribution in [3.63, 3.8) is 0 Å². The van der Waals surface area contributed by atoms with Crippen molar-refractivity contribution in [3.05, 3.63) is 87.8 Å². The third-order valence-electron chi connectivity index (χ3n) is 8.08. The number of allylic oxidation sites excluding steroid dienone is 3. The van der Waals surface area contributed by atoms with E-state index >= 15 is 8.63 Å². The largest absolute Gasteiger partial charge is 0.737 e. The van der Waals surface area contributed by atoms with E-state index in [-0.39, 0.29) is 0 Å².